The van der Waals surface area contributed by atoms with E-state index in [2.05, 4.69) is 0 Å². The molecule has 0 radical (unpaired) electrons. The molecule has 150 heavy (non-hydrogen) atoms. The summed E-state index contributed by atoms with van der Waals surface area (Å²) in [4.78, 5) is 116. The van der Waals surface area contributed by atoms with E-state index in [0.717, 1.165) is 0 Å². The van der Waals surface area contributed by atoms with Crippen LogP contribution in [0.3, 0.4) is 0 Å². The van der Waals surface area contributed by atoms with Crippen LogP contribution in [-0.2, 0) is 166 Å². The average molecular weight is 2140 g/mol. The fourth-order valence-electron chi connectivity index (χ4n) is 12.1. The summed E-state index contributed by atoms with van der Waals surface area (Å²) >= 11 is 0. The van der Waals surface area contributed by atoms with Crippen LogP contribution in [0.2, 0.25) is 0 Å². The first-order chi connectivity index (χ1) is 72.1. The third kappa shape index (κ3) is 70.0. The number of hydrogen-bond acceptors (Lipinski definition) is 51. The Balaban J connectivity index is 1.38. The molecular formula is C99H130O51-10. The molecule has 0 amide bonds. The number of benzene rings is 5. The van der Waals surface area contributed by atoms with Gasteiger partial charge in [-0.2, -0.15) is 0 Å². The van der Waals surface area contributed by atoms with Crippen LogP contribution in [-0.4, -0.2) is 426 Å². The van der Waals surface area contributed by atoms with E-state index in [1.54, 1.807) is 154 Å². The van der Waals surface area contributed by atoms with Crippen LogP contribution >= 0.6 is 0 Å². The highest BCUT2D eigenvalue weighted by molar-refractivity contribution is 5.68. The van der Waals surface area contributed by atoms with E-state index < -0.39 is 342 Å². The summed E-state index contributed by atoms with van der Waals surface area (Å²) in [6, 6.07) is 44.2. The van der Waals surface area contributed by atoms with Crippen LogP contribution < -0.4 is 74.7 Å². The standard InChI is InChI=1S/C99H140O51/c1-99(2,3)150-58-84(40-130-68-98(119)120)146-49-83(39-129-67-97(117)118)144-47-81(37-127-65-95(113)114)142-45-79(35-125-63-93(109)110)140-43-77(33-123-61-91(105)106)138-41-75(31-121-59-89(101)102)137-42-76(32-122-60-90(103)104)139-44-78(34-124-62-92(107)108)141-46-80(36-126-64-94(111)112)143-48-82(38-128-66-96(115)116)145-55-86(51-134-72-23-13-6-14-24-72)148-57-88(53-136-74-27-17-8-18-28-74)149-56-87(52-135-73-25-15-7-16-26-73)147-54-85(50-133-71-21-11-5-12-22-71)132-30-69(100)29-131-70-19-9-4-10-20-70/h4-28,69,75-88,100H,29-68H2,1-3H3,(H,101,102)(H,103,104)(H,105,106)(H,107,108)(H,109,110)(H,111,112)(H,113,114)(H,115,116)(H,117,118)(H,119,120)/p-10. The molecule has 0 aliphatic rings. The van der Waals surface area contributed by atoms with Gasteiger partial charge < -0.3 is 246 Å². The Morgan fingerprint density at radius 2 is 0.313 bits per heavy atom. The predicted octanol–water partition coefficient (Wildman–Crippen LogP) is -10.4. The van der Waals surface area contributed by atoms with Gasteiger partial charge in [0.1, 0.15) is 153 Å². The second kappa shape index (κ2) is 79.7. The topological polar surface area (TPSA) is 698 Å². The van der Waals surface area contributed by atoms with E-state index in [9.17, 15) is 104 Å². The van der Waals surface area contributed by atoms with Crippen LogP contribution in [0.5, 0.6) is 28.7 Å². The fraction of sp³-hybridized carbons (Fsp3) is 0.596. The van der Waals surface area contributed by atoms with Crippen molar-refractivity contribution >= 4 is 59.7 Å². The van der Waals surface area contributed by atoms with Crippen molar-refractivity contribution in [1.82, 2.24) is 0 Å². The van der Waals surface area contributed by atoms with Gasteiger partial charge in [-0.3, -0.25) is 0 Å². The zero-order valence-corrected chi connectivity index (χ0v) is 83.2. The molecule has 15 unspecified atom stereocenters. The van der Waals surface area contributed by atoms with E-state index in [4.69, 9.17) is 142 Å². The molecule has 5 aromatic carbocycles. The number of aliphatic carboxylic acids is 10. The molecule has 5 rings (SSSR count). The third-order valence-corrected chi connectivity index (χ3v) is 19.1. The number of aliphatic hydroxyl groups is 1. The van der Waals surface area contributed by atoms with Gasteiger partial charge >= 0.3 is 0 Å². The van der Waals surface area contributed by atoms with E-state index in [0.29, 0.717) is 28.7 Å². The molecule has 1 N–H and O–H groups in total. The van der Waals surface area contributed by atoms with Crippen LogP contribution in [0.15, 0.2) is 152 Å². The van der Waals surface area contributed by atoms with Crippen LogP contribution in [0, 0.1) is 0 Å². The quantitative estimate of drug-likeness (QED) is 0.0378. The lowest BCUT2D eigenvalue weighted by Crippen LogP contribution is -2.41. The lowest BCUT2D eigenvalue weighted by atomic mass is 10.2. The van der Waals surface area contributed by atoms with Crippen LogP contribution in [0.25, 0.3) is 0 Å². The molecule has 51 nitrogen and oxygen atoms in total. The van der Waals surface area contributed by atoms with Gasteiger partial charge in [0.05, 0.1) is 297 Å². The van der Waals surface area contributed by atoms with Gasteiger partial charge in [-0.15, -0.1) is 0 Å². The minimum atomic E-state index is -1.72. The van der Waals surface area contributed by atoms with Gasteiger partial charge in [-0.25, -0.2) is 0 Å². The Bertz CT molecular complexity index is 4400. The van der Waals surface area contributed by atoms with Crippen LogP contribution in [0.1, 0.15) is 20.8 Å². The summed E-state index contributed by atoms with van der Waals surface area (Å²) in [5, 5.41) is 127. The number of aliphatic hydroxyl groups excluding tert-OH is 1. The third-order valence-electron chi connectivity index (χ3n) is 19.1. The molecule has 15 atom stereocenters. The first-order valence-corrected chi connectivity index (χ1v) is 47.2. The molecule has 0 bridgehead atoms. The molecule has 0 fully saturated rings. The van der Waals surface area contributed by atoms with Crippen molar-refractivity contribution in [3.63, 3.8) is 0 Å². The summed E-state index contributed by atoms with van der Waals surface area (Å²) in [6.45, 7) is -17.7. The molecule has 0 saturated heterocycles. The van der Waals surface area contributed by atoms with E-state index in [-0.39, 0.29) is 79.3 Å². The Labute approximate surface area is 865 Å². The lowest BCUT2D eigenvalue weighted by Gasteiger charge is -2.29. The molecular weight excluding hydrogens is 2010 g/mol. The summed E-state index contributed by atoms with van der Waals surface area (Å²) in [5.74, 6) is -14.2. The molecule has 0 aliphatic carbocycles. The van der Waals surface area contributed by atoms with E-state index in [1.807, 2.05) is 18.2 Å². The maximum absolute atomic E-state index is 11.8. The molecule has 5 aromatic rings. The second-order valence-corrected chi connectivity index (χ2v) is 33.4. The monoisotopic (exact) mass is 2130 g/mol. The van der Waals surface area contributed by atoms with Crippen molar-refractivity contribution in [2.75, 3.05) is 264 Å². The molecule has 0 heterocycles. The Morgan fingerprint density at radius 1 is 0.187 bits per heavy atom. The number of para-hydroxylation sites is 5. The van der Waals surface area contributed by atoms with Crippen molar-refractivity contribution in [2.24, 2.45) is 0 Å². The number of carbonyl (C=O) groups excluding carboxylic acids is 10. The number of rotatable bonds is 99. The smallest absolute Gasteiger partial charge is 0.119 e. The van der Waals surface area contributed by atoms with Gasteiger partial charge in [0.2, 0.25) is 0 Å². The Kier molecular flexibility index (Phi) is 68.7. The van der Waals surface area contributed by atoms with Crippen LogP contribution in [0.4, 0.5) is 0 Å². The Hall–Kier alpha value is -11.2. The fourth-order valence-corrected chi connectivity index (χ4v) is 12.1. The SMILES string of the molecule is CC(C)(C)OCC(COCC(=O)[O-])OCC(COCC(=O)[O-])OCC(COCC(=O)[O-])OCC(COCC(=O)[O-])OCC(COCC(=O)[O-])OCC(COCC(=O)[O-])OCC(COCC(=O)[O-])OCC(COCC(=O)[O-])OCC(COCC(=O)[O-])OCC(COCC(=O)[O-])OCC(COc1ccccc1)OCC(COc1ccccc1)OCC(COc1ccccc1)OCC(COc1ccccc1)OCC(O)COc1ccccc1. The highest BCUT2D eigenvalue weighted by Gasteiger charge is 2.30. The molecule has 0 aliphatic heterocycles. The molecule has 0 aromatic heterocycles. The number of carbonyl (C=O) groups is 10. The molecule has 0 spiro atoms. The van der Waals surface area contributed by atoms with Gasteiger partial charge in [-0.05, 0) is 81.4 Å². The lowest BCUT2D eigenvalue weighted by molar-refractivity contribution is -0.312. The van der Waals surface area contributed by atoms with Crippen molar-refractivity contribution in [3.8, 4) is 28.7 Å². The summed E-state index contributed by atoms with van der Waals surface area (Å²) in [6.07, 6.45) is -17.7. The number of hydrogen-bond donors (Lipinski definition) is 1. The van der Waals surface area contributed by atoms with Gasteiger partial charge in [0.15, 0.2) is 0 Å². The summed E-state index contributed by atoms with van der Waals surface area (Å²) < 4.78 is 176. The number of carboxylic acid groups (broad SMARTS) is 10. The van der Waals surface area contributed by atoms with Crippen molar-refractivity contribution < 1.29 is 246 Å². The Morgan fingerprint density at radius 3 is 0.453 bits per heavy atom. The van der Waals surface area contributed by atoms with Crippen molar-refractivity contribution in [1.29, 1.82) is 0 Å². The normalized spacial score (nSPS) is 14.7. The summed E-state index contributed by atoms with van der Waals surface area (Å²) in [5.41, 5.74) is -0.727. The summed E-state index contributed by atoms with van der Waals surface area (Å²) in [7, 11) is 0. The highest BCUT2D eigenvalue weighted by Crippen LogP contribution is 2.21. The first kappa shape index (κ1) is 129. The zero-order chi connectivity index (χ0) is 109. The van der Waals surface area contributed by atoms with Gasteiger partial charge in [0, 0.05) is 0 Å². The second-order valence-electron chi connectivity index (χ2n) is 33.4. The van der Waals surface area contributed by atoms with Gasteiger partial charge in [-0.1, -0.05) is 91.0 Å². The minimum Gasteiger partial charge on any atom is -0.548 e. The van der Waals surface area contributed by atoms with E-state index in [1.165, 1.54) is 0 Å². The van der Waals surface area contributed by atoms with E-state index >= 15 is 0 Å². The van der Waals surface area contributed by atoms with Crippen molar-refractivity contribution in [3.05, 3.63) is 152 Å². The minimum absolute atomic E-state index is 0.0133. The zero-order valence-electron chi connectivity index (χ0n) is 83.2. The molecule has 51 heteroatoms. The predicted molar refractivity (Wildman–Crippen MR) is 486 cm³/mol. The molecule has 0 saturated carbocycles. The highest BCUT2D eigenvalue weighted by atomic mass is 16.7. The van der Waals surface area contributed by atoms with Crippen molar-refractivity contribution in [2.45, 2.75) is 118 Å². The molecule has 842 valence electrons. The largest absolute Gasteiger partial charge is 0.548 e. The number of carboxylic acids is 10. The van der Waals surface area contributed by atoms with Gasteiger partial charge in [0.25, 0.3) is 0 Å². The first-order valence-electron chi connectivity index (χ1n) is 47.2. The maximum atomic E-state index is 11.8. The average Bonchev–Trinajstić information content (AvgIpc) is 0.904. The number of ether oxygens (including phenoxy) is 30. The maximum Gasteiger partial charge on any atom is 0.119 e.